The Hall–Kier alpha value is -0.610. The molecule has 2 bridgehead atoms. The van der Waals surface area contributed by atoms with Crippen molar-refractivity contribution in [2.75, 3.05) is 72.5 Å². The predicted octanol–water partition coefficient (Wildman–Crippen LogP) is -0.0202. The molecule has 25 heavy (non-hydrogen) atoms. The van der Waals surface area contributed by atoms with Crippen LogP contribution in [0.2, 0.25) is 0 Å². The third-order valence-corrected chi connectivity index (χ3v) is 5.48. The number of hydrogen-bond acceptors (Lipinski definition) is 4. The summed E-state index contributed by atoms with van der Waals surface area (Å²) in [5, 5.41) is 3.56. The van der Waals surface area contributed by atoms with Crippen molar-refractivity contribution >= 4 is 35.8 Å². The molecule has 1 atom stereocenters. The molecule has 4 aliphatic heterocycles. The van der Waals surface area contributed by atoms with Crippen LogP contribution in [0.15, 0.2) is 4.99 Å². The van der Waals surface area contributed by atoms with E-state index in [1.165, 1.54) is 32.7 Å². The maximum Gasteiger partial charge on any atom is 0.225 e. The van der Waals surface area contributed by atoms with Gasteiger partial charge in [0.1, 0.15) is 0 Å². The monoisotopic (exact) mass is 464 g/mol. The molecular formula is C17H33IN6O. The quantitative estimate of drug-likeness (QED) is 0.362. The number of guanidine groups is 1. The van der Waals surface area contributed by atoms with Crippen molar-refractivity contribution in [1.82, 2.24) is 24.9 Å². The summed E-state index contributed by atoms with van der Waals surface area (Å²) in [6.07, 6.45) is 0. The predicted molar refractivity (Wildman–Crippen MR) is 112 cm³/mol. The zero-order chi connectivity index (χ0) is 17.1. The van der Waals surface area contributed by atoms with E-state index in [1.54, 1.807) is 0 Å². The minimum atomic E-state index is 0. The van der Waals surface area contributed by atoms with Crippen LogP contribution in [0.1, 0.15) is 13.8 Å². The molecule has 1 unspecified atom stereocenters. The van der Waals surface area contributed by atoms with Crippen molar-refractivity contribution in [2.24, 2.45) is 10.9 Å². The number of aliphatic imine (C=N–C) groups is 1. The van der Waals surface area contributed by atoms with E-state index in [0.717, 1.165) is 38.7 Å². The van der Waals surface area contributed by atoms with Gasteiger partial charge in [-0.25, -0.2) is 0 Å². The highest BCUT2D eigenvalue weighted by Gasteiger charge is 2.32. The number of rotatable bonds is 3. The number of hydrogen-bond donors (Lipinski definition) is 1. The van der Waals surface area contributed by atoms with E-state index in [-0.39, 0.29) is 35.8 Å². The van der Waals surface area contributed by atoms with Gasteiger partial charge in [0.2, 0.25) is 5.91 Å². The highest BCUT2D eigenvalue weighted by atomic mass is 127. The first-order valence-corrected chi connectivity index (χ1v) is 9.29. The first kappa shape index (κ1) is 20.7. The molecule has 1 amide bonds. The highest BCUT2D eigenvalue weighted by molar-refractivity contribution is 14.0. The standard InChI is InChI=1S/C17H32N6O.HI/c1-14(2)16(24)22-8-10-23(11-9-22)17(18-3)19-12-15-13-20-4-6-21(15)7-5-20;/h14-15H,4-13H2,1-3H3,(H,18,19);1H. The number of fused-ring (bicyclic) bond motifs is 3. The van der Waals surface area contributed by atoms with Gasteiger partial charge in [0.05, 0.1) is 0 Å². The Kier molecular flexibility index (Phi) is 7.75. The SMILES string of the molecule is CN=C(NCC1CN2CCN1CC2)N1CCN(C(=O)C(C)C)CC1.I. The van der Waals surface area contributed by atoms with Crippen LogP contribution >= 0.6 is 24.0 Å². The van der Waals surface area contributed by atoms with Crippen LogP contribution < -0.4 is 5.32 Å². The third kappa shape index (κ3) is 4.97. The molecule has 4 saturated heterocycles. The van der Waals surface area contributed by atoms with Crippen molar-refractivity contribution in [3.8, 4) is 0 Å². The summed E-state index contributed by atoms with van der Waals surface area (Å²) in [4.78, 5) is 26.0. The molecule has 8 heteroatoms. The summed E-state index contributed by atoms with van der Waals surface area (Å²) in [6, 6.07) is 0.591. The number of halogens is 1. The van der Waals surface area contributed by atoms with Crippen LogP contribution in [0.4, 0.5) is 0 Å². The van der Waals surface area contributed by atoms with Crippen molar-refractivity contribution in [3.63, 3.8) is 0 Å². The zero-order valence-electron chi connectivity index (χ0n) is 15.8. The van der Waals surface area contributed by atoms with Gasteiger partial charge in [0, 0.05) is 84.5 Å². The fraction of sp³-hybridized carbons (Fsp3) is 0.882. The van der Waals surface area contributed by atoms with Crippen LogP contribution in [-0.4, -0.2) is 110 Å². The summed E-state index contributed by atoms with van der Waals surface area (Å²) >= 11 is 0. The summed E-state index contributed by atoms with van der Waals surface area (Å²) in [6.45, 7) is 14.2. The van der Waals surface area contributed by atoms with E-state index < -0.39 is 0 Å². The topological polar surface area (TPSA) is 54.4 Å². The minimum absolute atomic E-state index is 0. The molecule has 4 heterocycles. The molecule has 144 valence electrons. The normalized spacial score (nSPS) is 29.6. The van der Waals surface area contributed by atoms with Gasteiger partial charge in [0.15, 0.2) is 5.96 Å². The molecule has 4 aliphatic rings. The molecule has 4 rings (SSSR count). The van der Waals surface area contributed by atoms with Crippen LogP contribution in [-0.2, 0) is 4.79 Å². The molecule has 0 aromatic heterocycles. The second kappa shape index (κ2) is 9.36. The number of piperazine rings is 4. The van der Waals surface area contributed by atoms with Gasteiger partial charge in [-0.1, -0.05) is 13.8 Å². The summed E-state index contributed by atoms with van der Waals surface area (Å²) in [5.41, 5.74) is 0. The second-order valence-electron chi connectivity index (χ2n) is 7.39. The number of nitrogens with zero attached hydrogens (tertiary/aromatic N) is 5. The van der Waals surface area contributed by atoms with Crippen LogP contribution in [0, 0.1) is 5.92 Å². The lowest BCUT2D eigenvalue weighted by Gasteiger charge is -2.47. The van der Waals surface area contributed by atoms with Gasteiger partial charge >= 0.3 is 0 Å². The van der Waals surface area contributed by atoms with Gasteiger partial charge in [-0.05, 0) is 0 Å². The van der Waals surface area contributed by atoms with Gasteiger partial charge in [-0.3, -0.25) is 19.6 Å². The molecule has 0 saturated carbocycles. The molecule has 0 aliphatic carbocycles. The van der Waals surface area contributed by atoms with E-state index in [2.05, 4.69) is 25.0 Å². The number of carbonyl (C=O) groups is 1. The Bertz CT molecular complexity index is 470. The fourth-order valence-corrected chi connectivity index (χ4v) is 3.96. The Morgan fingerprint density at radius 3 is 2.12 bits per heavy atom. The first-order valence-electron chi connectivity index (χ1n) is 9.29. The Morgan fingerprint density at radius 1 is 1.04 bits per heavy atom. The van der Waals surface area contributed by atoms with Crippen molar-refractivity contribution in [1.29, 1.82) is 0 Å². The second-order valence-corrected chi connectivity index (χ2v) is 7.39. The number of nitrogens with one attached hydrogen (secondary N) is 1. The summed E-state index contributed by atoms with van der Waals surface area (Å²) in [7, 11) is 1.85. The lowest BCUT2D eigenvalue weighted by atomic mass is 10.1. The highest BCUT2D eigenvalue weighted by Crippen LogP contribution is 2.15. The van der Waals surface area contributed by atoms with Crippen molar-refractivity contribution < 1.29 is 4.79 Å². The van der Waals surface area contributed by atoms with Gasteiger partial charge < -0.3 is 15.1 Å². The van der Waals surface area contributed by atoms with Gasteiger partial charge in [-0.15, -0.1) is 24.0 Å². The average molecular weight is 464 g/mol. The molecule has 7 nitrogen and oxygen atoms in total. The third-order valence-electron chi connectivity index (χ3n) is 5.48. The average Bonchev–Trinajstić information content (AvgIpc) is 2.63. The molecule has 4 fully saturated rings. The molecule has 0 aromatic carbocycles. The lowest BCUT2D eigenvalue weighted by molar-refractivity contribution is -0.135. The first-order chi connectivity index (χ1) is 11.6. The Labute approximate surface area is 168 Å². The molecular weight excluding hydrogens is 431 g/mol. The molecule has 0 aromatic rings. The van der Waals surface area contributed by atoms with Gasteiger partial charge in [0.25, 0.3) is 0 Å². The molecule has 0 spiro atoms. The number of carbonyl (C=O) groups excluding carboxylic acids is 1. The Morgan fingerprint density at radius 2 is 1.64 bits per heavy atom. The van der Waals surface area contributed by atoms with E-state index in [0.29, 0.717) is 6.04 Å². The summed E-state index contributed by atoms with van der Waals surface area (Å²) < 4.78 is 0. The van der Waals surface area contributed by atoms with E-state index in [1.807, 2.05) is 25.8 Å². The number of amides is 1. The molecule has 1 N–H and O–H groups in total. The minimum Gasteiger partial charge on any atom is -0.355 e. The lowest BCUT2D eigenvalue weighted by Crippen LogP contribution is -2.64. The van der Waals surface area contributed by atoms with Crippen molar-refractivity contribution in [3.05, 3.63) is 0 Å². The maximum atomic E-state index is 12.1. The van der Waals surface area contributed by atoms with Crippen LogP contribution in [0.25, 0.3) is 0 Å². The van der Waals surface area contributed by atoms with E-state index >= 15 is 0 Å². The fourth-order valence-electron chi connectivity index (χ4n) is 3.96. The van der Waals surface area contributed by atoms with E-state index in [9.17, 15) is 4.79 Å². The van der Waals surface area contributed by atoms with Crippen LogP contribution in [0.5, 0.6) is 0 Å². The largest absolute Gasteiger partial charge is 0.355 e. The maximum absolute atomic E-state index is 12.1. The van der Waals surface area contributed by atoms with Crippen LogP contribution in [0.3, 0.4) is 0 Å². The smallest absolute Gasteiger partial charge is 0.225 e. The Balaban J connectivity index is 0.00000225. The molecule has 0 radical (unpaired) electrons. The zero-order valence-corrected chi connectivity index (χ0v) is 18.1. The van der Waals surface area contributed by atoms with Gasteiger partial charge in [-0.2, -0.15) is 0 Å². The van der Waals surface area contributed by atoms with Crippen molar-refractivity contribution in [2.45, 2.75) is 19.9 Å². The summed E-state index contributed by atoms with van der Waals surface area (Å²) in [5.74, 6) is 1.32. The van der Waals surface area contributed by atoms with E-state index in [4.69, 9.17) is 0 Å².